The van der Waals surface area contributed by atoms with Gasteiger partial charge in [-0.2, -0.15) is 0 Å². The summed E-state index contributed by atoms with van der Waals surface area (Å²) in [4.78, 5) is 12.4. The van der Waals surface area contributed by atoms with Gasteiger partial charge < -0.3 is 5.32 Å². The highest BCUT2D eigenvalue weighted by Gasteiger charge is 2.45. The lowest BCUT2D eigenvalue weighted by Gasteiger charge is -2.18. The van der Waals surface area contributed by atoms with E-state index in [1.807, 2.05) is 18.2 Å². The molecule has 0 aliphatic heterocycles. The monoisotopic (exact) mass is 279 g/mol. The van der Waals surface area contributed by atoms with Crippen LogP contribution in [0, 0.1) is 13.8 Å². The molecular weight excluding hydrogens is 258 g/mol. The van der Waals surface area contributed by atoms with Gasteiger partial charge in [0.05, 0.1) is 12.0 Å². The molecular formula is C19H21NO. The predicted octanol–water partition coefficient (Wildman–Crippen LogP) is 3.65. The molecule has 1 fully saturated rings. The molecule has 0 saturated heterocycles. The van der Waals surface area contributed by atoms with E-state index >= 15 is 0 Å². The quantitative estimate of drug-likeness (QED) is 0.909. The molecule has 0 aromatic heterocycles. The molecule has 0 unspecified atom stereocenters. The lowest BCUT2D eigenvalue weighted by Crippen LogP contribution is -2.36. The number of nitrogens with one attached hydrogen (secondary N) is 1. The number of rotatable bonds is 4. The maximum absolute atomic E-state index is 12.4. The molecule has 1 aliphatic rings. The van der Waals surface area contributed by atoms with E-state index in [-0.39, 0.29) is 11.4 Å². The standard InChI is InChI=1S/C19H21NO/c1-14-8-9-15(2)16(12-14)13-18(21)20-19(10-11-19)17-6-4-3-5-7-17/h3-9,12H,10-11,13H2,1-2H3,(H,20,21). The van der Waals surface area contributed by atoms with Crippen LogP contribution >= 0.6 is 0 Å². The van der Waals surface area contributed by atoms with E-state index in [4.69, 9.17) is 0 Å². The maximum atomic E-state index is 12.4. The largest absolute Gasteiger partial charge is 0.346 e. The predicted molar refractivity (Wildman–Crippen MR) is 85.1 cm³/mol. The van der Waals surface area contributed by atoms with Crippen molar-refractivity contribution < 1.29 is 4.79 Å². The van der Waals surface area contributed by atoms with Gasteiger partial charge in [-0.1, -0.05) is 54.1 Å². The minimum atomic E-state index is -0.115. The highest BCUT2D eigenvalue weighted by Crippen LogP contribution is 2.45. The van der Waals surface area contributed by atoms with Crippen LogP contribution in [-0.4, -0.2) is 5.91 Å². The van der Waals surface area contributed by atoms with Gasteiger partial charge in [-0.05, 0) is 43.4 Å². The second-order valence-electron chi connectivity index (χ2n) is 6.10. The average molecular weight is 279 g/mol. The summed E-state index contributed by atoms with van der Waals surface area (Å²) < 4.78 is 0. The Balaban J connectivity index is 1.71. The molecule has 1 amide bonds. The van der Waals surface area contributed by atoms with Crippen molar-refractivity contribution in [2.75, 3.05) is 0 Å². The van der Waals surface area contributed by atoms with E-state index in [2.05, 4.69) is 49.5 Å². The first kappa shape index (κ1) is 13.9. The van der Waals surface area contributed by atoms with Crippen molar-refractivity contribution in [1.82, 2.24) is 5.32 Å². The SMILES string of the molecule is Cc1ccc(C)c(CC(=O)NC2(c3ccccc3)CC2)c1. The number of benzene rings is 2. The molecule has 1 saturated carbocycles. The van der Waals surface area contributed by atoms with Gasteiger partial charge in [0, 0.05) is 0 Å². The van der Waals surface area contributed by atoms with Gasteiger partial charge in [0.25, 0.3) is 0 Å². The maximum Gasteiger partial charge on any atom is 0.225 e. The Bertz CT molecular complexity index is 657. The Kier molecular flexibility index (Phi) is 3.54. The van der Waals surface area contributed by atoms with Gasteiger partial charge in [0.15, 0.2) is 0 Å². The summed E-state index contributed by atoms with van der Waals surface area (Å²) >= 11 is 0. The zero-order chi connectivity index (χ0) is 14.9. The molecule has 2 nitrogen and oxygen atoms in total. The smallest absolute Gasteiger partial charge is 0.225 e. The van der Waals surface area contributed by atoms with Crippen LogP contribution in [0.1, 0.15) is 35.1 Å². The molecule has 0 atom stereocenters. The highest BCUT2D eigenvalue weighted by atomic mass is 16.1. The topological polar surface area (TPSA) is 29.1 Å². The zero-order valence-corrected chi connectivity index (χ0v) is 12.6. The van der Waals surface area contributed by atoms with Gasteiger partial charge in [-0.3, -0.25) is 4.79 Å². The highest BCUT2D eigenvalue weighted by molar-refractivity contribution is 5.80. The normalized spacial score (nSPS) is 15.5. The molecule has 2 heteroatoms. The Morgan fingerprint density at radius 2 is 1.81 bits per heavy atom. The zero-order valence-electron chi connectivity index (χ0n) is 12.6. The van der Waals surface area contributed by atoms with Crippen molar-refractivity contribution in [3.8, 4) is 0 Å². The van der Waals surface area contributed by atoms with E-state index in [0.717, 1.165) is 18.4 Å². The number of hydrogen-bond acceptors (Lipinski definition) is 1. The molecule has 2 aromatic carbocycles. The molecule has 0 spiro atoms. The molecule has 3 rings (SSSR count). The summed E-state index contributed by atoms with van der Waals surface area (Å²) in [6.07, 6.45) is 2.53. The third kappa shape index (κ3) is 2.99. The van der Waals surface area contributed by atoms with E-state index in [1.54, 1.807) is 0 Å². The van der Waals surface area contributed by atoms with E-state index in [1.165, 1.54) is 16.7 Å². The van der Waals surface area contributed by atoms with Gasteiger partial charge in [0.2, 0.25) is 5.91 Å². The fraction of sp³-hybridized carbons (Fsp3) is 0.316. The van der Waals surface area contributed by atoms with E-state index in [9.17, 15) is 4.79 Å². The summed E-state index contributed by atoms with van der Waals surface area (Å²) in [7, 11) is 0. The molecule has 0 heterocycles. The fourth-order valence-corrected chi connectivity index (χ4v) is 2.84. The lowest BCUT2D eigenvalue weighted by atomic mass is 10.0. The van der Waals surface area contributed by atoms with Crippen LogP contribution in [0.2, 0.25) is 0 Å². The molecule has 2 aromatic rings. The van der Waals surface area contributed by atoms with E-state index < -0.39 is 0 Å². The number of hydrogen-bond donors (Lipinski definition) is 1. The first-order valence-corrected chi connectivity index (χ1v) is 7.52. The molecule has 1 N–H and O–H groups in total. The average Bonchev–Trinajstić information content (AvgIpc) is 3.24. The van der Waals surface area contributed by atoms with Crippen LogP contribution in [-0.2, 0) is 16.8 Å². The van der Waals surface area contributed by atoms with Crippen molar-refractivity contribution in [2.24, 2.45) is 0 Å². The molecule has 1 aliphatic carbocycles. The van der Waals surface area contributed by atoms with Gasteiger partial charge >= 0.3 is 0 Å². The Morgan fingerprint density at radius 3 is 2.48 bits per heavy atom. The van der Waals surface area contributed by atoms with Gasteiger partial charge in [-0.15, -0.1) is 0 Å². The number of carbonyl (C=O) groups is 1. The van der Waals surface area contributed by atoms with Gasteiger partial charge in [-0.25, -0.2) is 0 Å². The number of carbonyl (C=O) groups excluding carboxylic acids is 1. The van der Waals surface area contributed by atoms with Crippen LogP contribution in [0.25, 0.3) is 0 Å². The summed E-state index contributed by atoms with van der Waals surface area (Å²) in [6, 6.07) is 16.6. The summed E-state index contributed by atoms with van der Waals surface area (Å²) in [5, 5.41) is 3.24. The van der Waals surface area contributed by atoms with Crippen molar-refractivity contribution in [3.63, 3.8) is 0 Å². The summed E-state index contributed by atoms with van der Waals surface area (Å²) in [6.45, 7) is 4.12. The second-order valence-corrected chi connectivity index (χ2v) is 6.10. The summed E-state index contributed by atoms with van der Waals surface area (Å²) in [5.74, 6) is 0.116. The molecule has 0 bridgehead atoms. The van der Waals surface area contributed by atoms with Gasteiger partial charge in [0.1, 0.15) is 0 Å². The summed E-state index contributed by atoms with van der Waals surface area (Å²) in [5.41, 5.74) is 4.61. The number of amides is 1. The minimum absolute atomic E-state index is 0.115. The molecule has 21 heavy (non-hydrogen) atoms. The third-order valence-electron chi connectivity index (χ3n) is 4.31. The first-order chi connectivity index (χ1) is 10.1. The van der Waals surface area contributed by atoms with Crippen molar-refractivity contribution in [2.45, 2.75) is 38.6 Å². The van der Waals surface area contributed by atoms with Crippen LogP contribution in [0.4, 0.5) is 0 Å². The number of aryl methyl sites for hydroxylation is 2. The van der Waals surface area contributed by atoms with Crippen LogP contribution in [0.15, 0.2) is 48.5 Å². The van der Waals surface area contributed by atoms with Crippen molar-refractivity contribution >= 4 is 5.91 Å². The second kappa shape index (κ2) is 5.36. The van der Waals surface area contributed by atoms with Crippen molar-refractivity contribution in [1.29, 1.82) is 0 Å². The Labute approximate surface area is 126 Å². The molecule has 108 valence electrons. The fourth-order valence-electron chi connectivity index (χ4n) is 2.84. The molecule has 0 radical (unpaired) electrons. The van der Waals surface area contributed by atoms with Crippen LogP contribution in [0.3, 0.4) is 0 Å². The van der Waals surface area contributed by atoms with E-state index in [0.29, 0.717) is 6.42 Å². The third-order valence-corrected chi connectivity index (χ3v) is 4.31. The van der Waals surface area contributed by atoms with Crippen LogP contribution in [0.5, 0.6) is 0 Å². The van der Waals surface area contributed by atoms with Crippen LogP contribution < -0.4 is 5.32 Å². The Hall–Kier alpha value is -2.09. The lowest BCUT2D eigenvalue weighted by molar-refractivity contribution is -0.121. The van der Waals surface area contributed by atoms with Crippen molar-refractivity contribution in [3.05, 3.63) is 70.8 Å². The Morgan fingerprint density at radius 1 is 1.10 bits per heavy atom. The minimum Gasteiger partial charge on any atom is -0.346 e. The first-order valence-electron chi connectivity index (χ1n) is 7.52.